The van der Waals surface area contributed by atoms with Crippen LogP contribution in [0.5, 0.6) is 0 Å². The molecule has 1 unspecified atom stereocenters. The predicted octanol–water partition coefficient (Wildman–Crippen LogP) is 5.23. The smallest absolute Gasteiger partial charge is 0.211 e. The standard InChI is InChI=1S/C16H30IN3/c1-5-7-9-11-13-16(3,12-10-8-6-2)14-18-15(17)19-20(14)4/h5-13H2,1-4H3. The molecule has 0 radical (unpaired) electrons. The highest BCUT2D eigenvalue weighted by Gasteiger charge is 2.30. The SMILES string of the molecule is CCCCCCC(C)(CCCCC)c1nc(I)nn1C. The first-order valence-electron chi connectivity index (χ1n) is 8.10. The Morgan fingerprint density at radius 3 is 2.05 bits per heavy atom. The lowest BCUT2D eigenvalue weighted by Gasteiger charge is -2.28. The maximum atomic E-state index is 4.70. The normalized spacial score (nSPS) is 14.4. The summed E-state index contributed by atoms with van der Waals surface area (Å²) in [5.74, 6) is 1.18. The van der Waals surface area contributed by atoms with Gasteiger partial charge in [0.15, 0.2) is 0 Å². The van der Waals surface area contributed by atoms with Crippen molar-refractivity contribution in [2.75, 3.05) is 0 Å². The van der Waals surface area contributed by atoms with Crippen molar-refractivity contribution in [3.8, 4) is 0 Å². The Morgan fingerprint density at radius 1 is 1.00 bits per heavy atom. The topological polar surface area (TPSA) is 30.7 Å². The van der Waals surface area contributed by atoms with Crippen LogP contribution in [-0.2, 0) is 12.5 Å². The summed E-state index contributed by atoms with van der Waals surface area (Å²) in [5.41, 5.74) is 0.189. The summed E-state index contributed by atoms with van der Waals surface area (Å²) < 4.78 is 2.86. The quantitative estimate of drug-likeness (QED) is 0.404. The van der Waals surface area contributed by atoms with Crippen molar-refractivity contribution in [3.05, 3.63) is 9.66 Å². The third-order valence-corrected chi connectivity index (χ3v) is 4.65. The maximum Gasteiger partial charge on any atom is 0.211 e. The van der Waals surface area contributed by atoms with Gasteiger partial charge in [-0.1, -0.05) is 65.7 Å². The second-order valence-electron chi connectivity index (χ2n) is 6.16. The highest BCUT2D eigenvalue weighted by molar-refractivity contribution is 14.1. The van der Waals surface area contributed by atoms with Gasteiger partial charge >= 0.3 is 0 Å². The Bertz CT molecular complexity index is 389. The average Bonchev–Trinajstić information content (AvgIpc) is 2.75. The maximum absolute atomic E-state index is 4.70. The molecule has 0 saturated carbocycles. The number of aromatic nitrogens is 3. The van der Waals surface area contributed by atoms with Gasteiger partial charge in [-0.05, 0) is 12.8 Å². The van der Waals surface area contributed by atoms with Gasteiger partial charge in [0.2, 0.25) is 3.83 Å². The number of hydrogen-bond acceptors (Lipinski definition) is 2. The highest BCUT2D eigenvalue weighted by Crippen LogP contribution is 2.34. The first-order valence-corrected chi connectivity index (χ1v) is 9.18. The van der Waals surface area contributed by atoms with E-state index in [-0.39, 0.29) is 5.41 Å². The summed E-state index contributed by atoms with van der Waals surface area (Å²) in [4.78, 5) is 4.70. The van der Waals surface area contributed by atoms with E-state index in [1.807, 2.05) is 11.7 Å². The molecule has 0 bridgehead atoms. The largest absolute Gasteiger partial charge is 0.251 e. The zero-order chi connectivity index (χ0) is 15.0. The molecule has 4 heteroatoms. The fourth-order valence-electron chi connectivity index (χ4n) is 2.93. The second-order valence-corrected chi connectivity index (χ2v) is 7.12. The molecule has 20 heavy (non-hydrogen) atoms. The predicted molar refractivity (Wildman–Crippen MR) is 94.0 cm³/mol. The summed E-state index contributed by atoms with van der Waals surface area (Å²) in [7, 11) is 2.04. The molecule has 0 aliphatic rings. The lowest BCUT2D eigenvalue weighted by Crippen LogP contribution is -2.26. The number of hydrogen-bond donors (Lipinski definition) is 0. The minimum atomic E-state index is 0.189. The zero-order valence-electron chi connectivity index (χ0n) is 13.6. The molecule has 0 amide bonds. The lowest BCUT2D eigenvalue weighted by atomic mass is 9.79. The molecule has 1 atom stereocenters. The molecule has 1 rings (SSSR count). The van der Waals surface area contributed by atoms with Gasteiger partial charge in [0.1, 0.15) is 5.82 Å². The van der Waals surface area contributed by atoms with E-state index in [0.29, 0.717) is 0 Å². The Kier molecular flexibility index (Phi) is 8.07. The monoisotopic (exact) mass is 391 g/mol. The van der Waals surface area contributed by atoms with Gasteiger partial charge in [0.25, 0.3) is 0 Å². The van der Waals surface area contributed by atoms with Gasteiger partial charge in [-0.25, -0.2) is 4.98 Å². The van der Waals surface area contributed by atoms with E-state index in [1.165, 1.54) is 63.6 Å². The summed E-state index contributed by atoms with van der Waals surface area (Å²) in [6.45, 7) is 6.92. The van der Waals surface area contributed by atoms with Crippen LogP contribution >= 0.6 is 22.6 Å². The summed E-state index contributed by atoms with van der Waals surface area (Å²) in [6, 6.07) is 0. The van der Waals surface area contributed by atoms with Gasteiger partial charge in [-0.15, -0.1) is 5.10 Å². The van der Waals surface area contributed by atoms with Crippen LogP contribution in [0.4, 0.5) is 0 Å². The Morgan fingerprint density at radius 2 is 1.55 bits per heavy atom. The zero-order valence-corrected chi connectivity index (χ0v) is 15.7. The molecular formula is C16H30IN3. The fraction of sp³-hybridized carbons (Fsp3) is 0.875. The van der Waals surface area contributed by atoms with E-state index >= 15 is 0 Å². The average molecular weight is 391 g/mol. The van der Waals surface area contributed by atoms with Crippen molar-refractivity contribution >= 4 is 22.6 Å². The van der Waals surface area contributed by atoms with Crippen LogP contribution in [0, 0.1) is 3.83 Å². The first kappa shape index (κ1) is 17.9. The van der Waals surface area contributed by atoms with Crippen LogP contribution < -0.4 is 0 Å². The van der Waals surface area contributed by atoms with Crippen LogP contribution in [0.2, 0.25) is 0 Å². The third kappa shape index (κ3) is 5.34. The molecule has 0 aliphatic heterocycles. The van der Waals surface area contributed by atoms with Crippen molar-refractivity contribution in [3.63, 3.8) is 0 Å². The molecule has 1 heterocycles. The molecule has 1 aromatic heterocycles. The molecule has 116 valence electrons. The number of halogens is 1. The molecule has 1 aromatic rings. The van der Waals surface area contributed by atoms with E-state index in [2.05, 4.69) is 48.5 Å². The van der Waals surface area contributed by atoms with Gasteiger partial charge < -0.3 is 0 Å². The van der Waals surface area contributed by atoms with E-state index in [9.17, 15) is 0 Å². The molecule has 0 fully saturated rings. The summed E-state index contributed by atoms with van der Waals surface area (Å²) in [5, 5.41) is 4.44. The number of aryl methyl sites for hydroxylation is 1. The fourth-order valence-corrected chi connectivity index (χ4v) is 3.49. The van der Waals surface area contributed by atoms with Crippen molar-refractivity contribution in [1.29, 1.82) is 0 Å². The summed E-state index contributed by atoms with van der Waals surface area (Å²) in [6.07, 6.45) is 11.7. The molecule has 0 aromatic carbocycles. The van der Waals surface area contributed by atoms with Crippen LogP contribution in [0.25, 0.3) is 0 Å². The molecule has 0 saturated heterocycles. The van der Waals surface area contributed by atoms with Crippen molar-refractivity contribution < 1.29 is 0 Å². The van der Waals surface area contributed by atoms with Crippen molar-refractivity contribution in [1.82, 2.24) is 14.8 Å². The number of rotatable bonds is 10. The number of nitrogens with zero attached hydrogens (tertiary/aromatic N) is 3. The van der Waals surface area contributed by atoms with E-state index < -0.39 is 0 Å². The molecule has 0 aliphatic carbocycles. The van der Waals surface area contributed by atoms with Crippen LogP contribution in [0.1, 0.15) is 84.4 Å². The van der Waals surface area contributed by atoms with E-state index in [4.69, 9.17) is 4.98 Å². The number of unbranched alkanes of at least 4 members (excludes halogenated alkanes) is 5. The second kappa shape index (κ2) is 9.00. The van der Waals surface area contributed by atoms with Gasteiger partial charge in [-0.3, -0.25) is 4.68 Å². The van der Waals surface area contributed by atoms with Gasteiger partial charge in [0.05, 0.1) is 0 Å². The highest BCUT2D eigenvalue weighted by atomic mass is 127. The van der Waals surface area contributed by atoms with Crippen LogP contribution in [0.3, 0.4) is 0 Å². The minimum Gasteiger partial charge on any atom is -0.251 e. The molecular weight excluding hydrogens is 361 g/mol. The summed E-state index contributed by atoms with van der Waals surface area (Å²) >= 11 is 2.22. The van der Waals surface area contributed by atoms with Gasteiger partial charge in [-0.2, -0.15) is 0 Å². The minimum absolute atomic E-state index is 0.189. The Balaban J connectivity index is 2.74. The Labute approximate surface area is 138 Å². The lowest BCUT2D eigenvalue weighted by molar-refractivity contribution is 0.335. The Hall–Kier alpha value is -0.130. The van der Waals surface area contributed by atoms with Gasteiger partial charge in [0, 0.05) is 35.1 Å². The van der Waals surface area contributed by atoms with E-state index in [0.717, 1.165) is 3.83 Å². The van der Waals surface area contributed by atoms with E-state index in [1.54, 1.807) is 0 Å². The van der Waals surface area contributed by atoms with Crippen molar-refractivity contribution in [2.45, 2.75) is 84.0 Å². The molecule has 0 spiro atoms. The van der Waals surface area contributed by atoms with Crippen molar-refractivity contribution in [2.24, 2.45) is 7.05 Å². The molecule has 0 N–H and O–H groups in total. The van der Waals surface area contributed by atoms with Crippen LogP contribution in [0.15, 0.2) is 0 Å². The third-order valence-electron chi connectivity index (χ3n) is 4.19. The first-order chi connectivity index (χ1) is 9.53. The van der Waals surface area contributed by atoms with Crippen LogP contribution in [-0.4, -0.2) is 14.8 Å². The molecule has 3 nitrogen and oxygen atoms in total.